The average Bonchev–Trinajstić information content (AvgIpc) is 2.76. The van der Waals surface area contributed by atoms with Gasteiger partial charge in [-0.05, 0) is 64.2 Å². The summed E-state index contributed by atoms with van der Waals surface area (Å²) in [6, 6.07) is 7.32. The fourth-order valence-electron chi connectivity index (χ4n) is 4.13. The van der Waals surface area contributed by atoms with E-state index in [0.717, 1.165) is 5.56 Å². The summed E-state index contributed by atoms with van der Waals surface area (Å²) < 4.78 is 11.0. The lowest BCUT2D eigenvalue weighted by molar-refractivity contribution is -0.134. The molecule has 34 heavy (non-hydrogen) atoms. The molecule has 0 aliphatic carbocycles. The monoisotopic (exact) mass is 473 g/mol. The Bertz CT molecular complexity index is 885. The van der Waals surface area contributed by atoms with Crippen LogP contribution in [-0.4, -0.2) is 60.1 Å². The second kappa shape index (κ2) is 11.4. The molecule has 2 N–H and O–H groups in total. The minimum Gasteiger partial charge on any atom is -0.494 e. The molecule has 9 nitrogen and oxygen atoms in total. The zero-order valence-corrected chi connectivity index (χ0v) is 20.2. The van der Waals surface area contributed by atoms with E-state index >= 15 is 0 Å². The molecule has 2 fully saturated rings. The molecule has 1 aromatic rings. The molecular weight excluding hydrogens is 438 g/mol. The zero-order valence-electron chi connectivity index (χ0n) is 20.2. The van der Waals surface area contributed by atoms with Crippen molar-refractivity contribution in [3.05, 3.63) is 29.8 Å². The smallest absolute Gasteiger partial charge is 0.407 e. The van der Waals surface area contributed by atoms with Crippen LogP contribution in [-0.2, 0) is 19.1 Å². The average molecular weight is 474 g/mol. The highest BCUT2D eigenvalue weighted by Gasteiger charge is 2.28. The molecule has 2 saturated heterocycles. The van der Waals surface area contributed by atoms with E-state index in [0.29, 0.717) is 64.0 Å². The fraction of sp³-hybridized carbons (Fsp3) is 0.600. The number of carbonyl (C=O) groups is 4. The number of ether oxygens (including phenoxy) is 2. The van der Waals surface area contributed by atoms with Gasteiger partial charge >= 0.3 is 6.09 Å². The standard InChI is InChI=1S/C25H35N3O6/c1-25(2,3)34-24(32)26-18-12-14-28(15-13-18)22(30)5-4-16-33-19-8-6-17(7-9-19)20-10-11-21(29)27-23(20)31/h6-9,18,20H,4-5,10-16H2,1-3H3,(H,26,32)(H,27,29,31). The van der Waals surface area contributed by atoms with Gasteiger partial charge in [0.15, 0.2) is 0 Å². The summed E-state index contributed by atoms with van der Waals surface area (Å²) in [6.07, 6.45) is 2.87. The van der Waals surface area contributed by atoms with Gasteiger partial charge in [-0.25, -0.2) is 4.79 Å². The molecule has 3 rings (SSSR count). The number of amides is 4. The first-order valence-corrected chi connectivity index (χ1v) is 11.9. The highest BCUT2D eigenvalue weighted by molar-refractivity contribution is 6.00. The van der Waals surface area contributed by atoms with Gasteiger partial charge in [-0.3, -0.25) is 19.7 Å². The Morgan fingerprint density at radius 2 is 1.76 bits per heavy atom. The van der Waals surface area contributed by atoms with Gasteiger partial charge in [-0.15, -0.1) is 0 Å². The Hall–Kier alpha value is -3.10. The van der Waals surface area contributed by atoms with Crippen LogP contribution >= 0.6 is 0 Å². The third kappa shape index (κ3) is 7.74. The molecule has 0 saturated carbocycles. The fourth-order valence-corrected chi connectivity index (χ4v) is 4.13. The minimum absolute atomic E-state index is 0.0189. The maximum atomic E-state index is 12.5. The first-order valence-electron chi connectivity index (χ1n) is 11.9. The Morgan fingerprint density at radius 1 is 1.09 bits per heavy atom. The van der Waals surface area contributed by atoms with Crippen LogP contribution < -0.4 is 15.4 Å². The van der Waals surface area contributed by atoms with Gasteiger partial charge in [0, 0.05) is 32.0 Å². The number of alkyl carbamates (subject to hydrolysis) is 1. The quantitative estimate of drug-likeness (QED) is 0.465. The Kier molecular flexibility index (Phi) is 8.52. The van der Waals surface area contributed by atoms with Crippen molar-refractivity contribution in [3.63, 3.8) is 0 Å². The second-order valence-corrected chi connectivity index (χ2v) is 9.83. The van der Waals surface area contributed by atoms with Gasteiger partial charge in [0.2, 0.25) is 17.7 Å². The van der Waals surface area contributed by atoms with Crippen molar-refractivity contribution in [3.8, 4) is 5.75 Å². The van der Waals surface area contributed by atoms with Crippen LogP contribution in [0.2, 0.25) is 0 Å². The van der Waals surface area contributed by atoms with Crippen molar-refractivity contribution >= 4 is 23.8 Å². The lowest BCUT2D eigenvalue weighted by atomic mass is 9.90. The van der Waals surface area contributed by atoms with Crippen molar-refractivity contribution in [1.82, 2.24) is 15.5 Å². The van der Waals surface area contributed by atoms with Crippen LogP contribution in [0, 0.1) is 0 Å². The van der Waals surface area contributed by atoms with Crippen LogP contribution in [0.5, 0.6) is 5.75 Å². The molecule has 9 heteroatoms. The van der Waals surface area contributed by atoms with E-state index in [1.165, 1.54) is 0 Å². The number of rotatable bonds is 7. The van der Waals surface area contributed by atoms with Crippen molar-refractivity contribution in [2.24, 2.45) is 0 Å². The van der Waals surface area contributed by atoms with Crippen LogP contribution in [0.25, 0.3) is 0 Å². The molecular formula is C25H35N3O6. The van der Waals surface area contributed by atoms with E-state index in [1.54, 1.807) is 0 Å². The Labute approximate surface area is 200 Å². The molecule has 4 amide bonds. The van der Waals surface area contributed by atoms with Crippen LogP contribution in [0.4, 0.5) is 4.79 Å². The molecule has 2 aliphatic heterocycles. The molecule has 2 heterocycles. The summed E-state index contributed by atoms with van der Waals surface area (Å²) in [7, 11) is 0. The van der Waals surface area contributed by atoms with Gasteiger partial charge in [0.1, 0.15) is 11.4 Å². The summed E-state index contributed by atoms with van der Waals surface area (Å²) in [6.45, 7) is 7.13. The second-order valence-electron chi connectivity index (χ2n) is 9.83. The van der Waals surface area contributed by atoms with Gasteiger partial charge in [0.05, 0.1) is 12.5 Å². The maximum absolute atomic E-state index is 12.5. The predicted octanol–water partition coefficient (Wildman–Crippen LogP) is 2.88. The number of nitrogens with zero attached hydrogens (tertiary/aromatic N) is 1. The summed E-state index contributed by atoms with van der Waals surface area (Å²) in [5, 5.41) is 5.25. The molecule has 0 bridgehead atoms. The van der Waals surface area contributed by atoms with Crippen LogP contribution in [0.15, 0.2) is 24.3 Å². The predicted molar refractivity (Wildman–Crippen MR) is 125 cm³/mol. The normalized spacial score (nSPS) is 19.4. The van der Waals surface area contributed by atoms with Crippen molar-refractivity contribution in [2.75, 3.05) is 19.7 Å². The SMILES string of the molecule is CC(C)(C)OC(=O)NC1CCN(C(=O)CCCOc2ccc(C3CCC(=O)NC3=O)cc2)CC1. The number of imide groups is 1. The summed E-state index contributed by atoms with van der Waals surface area (Å²) in [4.78, 5) is 49.5. The lowest BCUT2D eigenvalue weighted by Crippen LogP contribution is -2.47. The number of likely N-dealkylation sites (tertiary alicyclic amines) is 1. The number of hydrogen-bond donors (Lipinski definition) is 2. The number of carbonyl (C=O) groups excluding carboxylic acids is 4. The first-order chi connectivity index (χ1) is 16.1. The summed E-state index contributed by atoms with van der Waals surface area (Å²) in [5.41, 5.74) is 0.329. The molecule has 1 unspecified atom stereocenters. The van der Waals surface area contributed by atoms with Crippen molar-refractivity contribution in [2.45, 2.75) is 76.9 Å². The first kappa shape index (κ1) is 25.5. The Morgan fingerprint density at radius 3 is 2.38 bits per heavy atom. The Balaban J connectivity index is 1.32. The highest BCUT2D eigenvalue weighted by Crippen LogP contribution is 2.26. The van der Waals surface area contributed by atoms with Crippen molar-refractivity contribution < 1.29 is 28.7 Å². The number of piperidine rings is 2. The third-order valence-electron chi connectivity index (χ3n) is 5.89. The largest absolute Gasteiger partial charge is 0.494 e. The van der Waals surface area contributed by atoms with E-state index in [9.17, 15) is 19.2 Å². The maximum Gasteiger partial charge on any atom is 0.407 e. The minimum atomic E-state index is -0.529. The molecule has 0 aromatic heterocycles. The molecule has 0 spiro atoms. The van der Waals surface area contributed by atoms with E-state index in [1.807, 2.05) is 49.9 Å². The van der Waals surface area contributed by atoms with Crippen LogP contribution in [0.3, 0.4) is 0 Å². The van der Waals surface area contributed by atoms with Crippen LogP contribution in [0.1, 0.15) is 70.8 Å². The molecule has 0 radical (unpaired) electrons. The molecule has 186 valence electrons. The van der Waals surface area contributed by atoms with E-state index in [2.05, 4.69) is 10.6 Å². The molecule has 2 aliphatic rings. The van der Waals surface area contributed by atoms with E-state index in [4.69, 9.17) is 9.47 Å². The summed E-state index contributed by atoms with van der Waals surface area (Å²) in [5.74, 6) is -0.0245. The van der Waals surface area contributed by atoms with E-state index in [-0.39, 0.29) is 29.7 Å². The van der Waals surface area contributed by atoms with Gasteiger partial charge in [0.25, 0.3) is 0 Å². The number of hydrogen-bond acceptors (Lipinski definition) is 6. The zero-order chi connectivity index (χ0) is 24.7. The van der Waals surface area contributed by atoms with Gasteiger partial charge in [-0.2, -0.15) is 0 Å². The number of nitrogens with one attached hydrogen (secondary N) is 2. The summed E-state index contributed by atoms with van der Waals surface area (Å²) >= 11 is 0. The topological polar surface area (TPSA) is 114 Å². The third-order valence-corrected chi connectivity index (χ3v) is 5.89. The molecule has 1 atom stereocenters. The van der Waals surface area contributed by atoms with Gasteiger partial charge < -0.3 is 19.7 Å². The van der Waals surface area contributed by atoms with Crippen molar-refractivity contribution in [1.29, 1.82) is 0 Å². The molecule has 1 aromatic carbocycles. The lowest BCUT2D eigenvalue weighted by Gasteiger charge is -2.33. The highest BCUT2D eigenvalue weighted by atomic mass is 16.6. The van der Waals surface area contributed by atoms with Gasteiger partial charge in [-0.1, -0.05) is 12.1 Å². The van der Waals surface area contributed by atoms with E-state index < -0.39 is 11.7 Å². The number of benzene rings is 1.